The molecule has 0 amide bonds. The SMILES string of the molecule is COCOc1ccc(C(c2ccc(OCOC)cc2)c2ccccc2CNC2C3CC4CC(C3)CC2C4)cc1. The average Bonchev–Trinajstić information content (AvgIpc) is 2.96. The third-order valence-corrected chi connectivity index (χ3v) is 9.23. The van der Waals surface area contributed by atoms with Crippen molar-refractivity contribution in [3.63, 3.8) is 0 Å². The summed E-state index contributed by atoms with van der Waals surface area (Å²) in [5.41, 5.74) is 5.17. The summed E-state index contributed by atoms with van der Waals surface area (Å²) >= 11 is 0. The van der Waals surface area contributed by atoms with Crippen LogP contribution >= 0.6 is 0 Å². The molecule has 4 aliphatic carbocycles. The third kappa shape index (κ3) is 5.86. The maximum Gasteiger partial charge on any atom is 0.188 e. The van der Waals surface area contributed by atoms with E-state index in [2.05, 4.69) is 53.8 Å². The van der Waals surface area contributed by atoms with Crippen molar-refractivity contribution in [1.29, 1.82) is 0 Å². The Morgan fingerprint density at radius 2 is 1.18 bits per heavy atom. The lowest BCUT2D eigenvalue weighted by atomic mass is 9.54. The van der Waals surface area contributed by atoms with Gasteiger partial charge in [0.25, 0.3) is 0 Å². The highest BCUT2D eigenvalue weighted by Crippen LogP contribution is 2.53. The van der Waals surface area contributed by atoms with Crippen molar-refractivity contribution in [2.45, 2.75) is 50.6 Å². The van der Waals surface area contributed by atoms with E-state index in [1.54, 1.807) is 14.2 Å². The summed E-state index contributed by atoms with van der Waals surface area (Å²) in [6.07, 6.45) is 7.23. The van der Waals surface area contributed by atoms with Crippen LogP contribution < -0.4 is 14.8 Å². The fourth-order valence-electron chi connectivity index (χ4n) is 7.78. The molecular formula is C34H41NO4. The van der Waals surface area contributed by atoms with Crippen molar-refractivity contribution in [2.75, 3.05) is 27.8 Å². The summed E-state index contributed by atoms with van der Waals surface area (Å²) in [6, 6.07) is 26.4. The van der Waals surface area contributed by atoms with E-state index in [0.717, 1.165) is 41.7 Å². The van der Waals surface area contributed by atoms with Gasteiger partial charge in [-0.15, -0.1) is 0 Å². The van der Waals surface area contributed by atoms with E-state index in [1.807, 2.05) is 24.3 Å². The van der Waals surface area contributed by atoms with Crippen molar-refractivity contribution in [3.8, 4) is 11.5 Å². The molecule has 0 unspecified atom stereocenters. The van der Waals surface area contributed by atoms with Gasteiger partial charge in [0, 0.05) is 32.7 Å². The lowest BCUT2D eigenvalue weighted by Crippen LogP contribution is -2.54. The zero-order valence-electron chi connectivity index (χ0n) is 23.2. The second-order valence-electron chi connectivity index (χ2n) is 11.7. The summed E-state index contributed by atoms with van der Waals surface area (Å²) in [7, 11) is 3.27. The molecule has 5 heteroatoms. The molecule has 1 N–H and O–H groups in total. The van der Waals surface area contributed by atoms with Gasteiger partial charge in [0.05, 0.1) is 0 Å². The van der Waals surface area contributed by atoms with Crippen molar-refractivity contribution in [2.24, 2.45) is 23.7 Å². The average molecular weight is 528 g/mol. The van der Waals surface area contributed by atoms with E-state index in [0.29, 0.717) is 6.04 Å². The van der Waals surface area contributed by atoms with E-state index >= 15 is 0 Å². The Labute approximate surface area is 232 Å². The fourth-order valence-corrected chi connectivity index (χ4v) is 7.78. The first kappa shape index (κ1) is 26.4. The van der Waals surface area contributed by atoms with Crippen LogP contribution in [0, 0.1) is 23.7 Å². The number of ether oxygens (including phenoxy) is 4. The Bertz CT molecular complexity index is 1130. The Balaban J connectivity index is 1.28. The number of rotatable bonds is 12. The molecule has 39 heavy (non-hydrogen) atoms. The Hall–Kier alpha value is -2.86. The lowest BCUT2D eigenvalue weighted by molar-refractivity contribution is -0.0142. The minimum absolute atomic E-state index is 0.0921. The number of benzene rings is 3. The predicted octanol–water partition coefficient (Wildman–Crippen LogP) is 6.75. The van der Waals surface area contributed by atoms with Gasteiger partial charge in [-0.25, -0.2) is 0 Å². The molecule has 0 atom stereocenters. The molecule has 7 rings (SSSR count). The van der Waals surface area contributed by atoms with E-state index < -0.39 is 0 Å². The highest BCUT2D eigenvalue weighted by molar-refractivity contribution is 5.48. The molecule has 206 valence electrons. The smallest absolute Gasteiger partial charge is 0.188 e. The predicted molar refractivity (Wildman–Crippen MR) is 153 cm³/mol. The standard InChI is InChI=1S/C34H41NO4/c1-36-21-38-30-11-7-25(8-12-30)33(26-9-13-31(14-10-26)39-22-37-2)32-6-4-3-5-27(32)20-35-34-28-16-23-15-24(18-28)19-29(34)17-23/h3-14,23-24,28-29,33-35H,15-22H2,1-2H3. The minimum Gasteiger partial charge on any atom is -0.468 e. The van der Waals surface area contributed by atoms with E-state index in [4.69, 9.17) is 18.9 Å². The molecule has 0 aliphatic heterocycles. The van der Waals surface area contributed by atoms with Gasteiger partial charge in [0.15, 0.2) is 13.6 Å². The van der Waals surface area contributed by atoms with Crippen LogP contribution in [-0.2, 0) is 16.0 Å². The quantitative estimate of drug-likeness (QED) is 0.209. The van der Waals surface area contributed by atoms with Crippen LogP contribution in [0.3, 0.4) is 0 Å². The summed E-state index contributed by atoms with van der Waals surface area (Å²) in [5.74, 6) is 5.42. The molecule has 3 aromatic carbocycles. The number of hydrogen-bond donors (Lipinski definition) is 1. The number of nitrogens with one attached hydrogen (secondary N) is 1. The molecule has 0 spiro atoms. The molecule has 4 bridgehead atoms. The summed E-state index contributed by atoms with van der Waals surface area (Å²) in [4.78, 5) is 0. The monoisotopic (exact) mass is 527 g/mol. The molecule has 5 nitrogen and oxygen atoms in total. The summed E-state index contributed by atoms with van der Waals surface area (Å²) < 4.78 is 21.5. The van der Waals surface area contributed by atoms with Crippen LogP contribution in [0.5, 0.6) is 11.5 Å². The zero-order valence-corrected chi connectivity index (χ0v) is 23.2. The van der Waals surface area contributed by atoms with E-state index in [1.165, 1.54) is 54.4 Å². The van der Waals surface area contributed by atoms with Crippen LogP contribution in [0.2, 0.25) is 0 Å². The van der Waals surface area contributed by atoms with Crippen molar-refractivity contribution < 1.29 is 18.9 Å². The van der Waals surface area contributed by atoms with Crippen LogP contribution in [0.4, 0.5) is 0 Å². The maximum absolute atomic E-state index is 5.67. The van der Waals surface area contributed by atoms with Crippen LogP contribution in [-0.4, -0.2) is 33.8 Å². The first-order chi connectivity index (χ1) is 19.2. The highest BCUT2D eigenvalue weighted by atomic mass is 16.7. The Morgan fingerprint density at radius 1 is 0.667 bits per heavy atom. The van der Waals surface area contributed by atoms with Crippen LogP contribution in [0.1, 0.15) is 60.3 Å². The minimum atomic E-state index is 0.0921. The van der Waals surface area contributed by atoms with Gasteiger partial charge >= 0.3 is 0 Å². The van der Waals surface area contributed by atoms with Gasteiger partial charge in [-0.05, 0) is 102 Å². The first-order valence-corrected chi connectivity index (χ1v) is 14.5. The van der Waals surface area contributed by atoms with Crippen LogP contribution in [0.15, 0.2) is 72.8 Å². The van der Waals surface area contributed by atoms with Crippen LogP contribution in [0.25, 0.3) is 0 Å². The highest BCUT2D eigenvalue weighted by Gasteiger charge is 2.47. The number of hydrogen-bond acceptors (Lipinski definition) is 5. The molecule has 0 saturated heterocycles. The van der Waals surface area contributed by atoms with E-state index in [9.17, 15) is 0 Å². The van der Waals surface area contributed by atoms with Gasteiger partial charge < -0.3 is 24.3 Å². The zero-order chi connectivity index (χ0) is 26.6. The van der Waals surface area contributed by atoms with Gasteiger partial charge in [0.1, 0.15) is 11.5 Å². The molecular weight excluding hydrogens is 486 g/mol. The van der Waals surface area contributed by atoms with Crippen molar-refractivity contribution >= 4 is 0 Å². The molecule has 0 radical (unpaired) electrons. The van der Waals surface area contributed by atoms with E-state index in [-0.39, 0.29) is 19.5 Å². The molecule has 0 aromatic heterocycles. The first-order valence-electron chi connectivity index (χ1n) is 14.5. The lowest BCUT2D eigenvalue weighted by Gasteiger charge is -2.54. The van der Waals surface area contributed by atoms with Gasteiger partial charge in [-0.3, -0.25) is 0 Å². The normalized spacial score (nSPS) is 25.3. The second kappa shape index (κ2) is 12.1. The molecule has 4 aliphatic rings. The topological polar surface area (TPSA) is 49.0 Å². The second-order valence-corrected chi connectivity index (χ2v) is 11.7. The van der Waals surface area contributed by atoms with Gasteiger partial charge in [-0.1, -0.05) is 48.5 Å². The summed E-state index contributed by atoms with van der Waals surface area (Å²) in [6.45, 7) is 1.39. The largest absolute Gasteiger partial charge is 0.468 e. The molecule has 0 heterocycles. The Kier molecular flexibility index (Phi) is 8.19. The number of methoxy groups -OCH3 is 2. The molecule has 4 fully saturated rings. The summed E-state index contributed by atoms with van der Waals surface area (Å²) in [5, 5.41) is 4.08. The van der Waals surface area contributed by atoms with Crippen molar-refractivity contribution in [1.82, 2.24) is 5.32 Å². The van der Waals surface area contributed by atoms with Gasteiger partial charge in [0.2, 0.25) is 0 Å². The maximum atomic E-state index is 5.67. The molecule has 3 aromatic rings. The molecule has 4 saturated carbocycles. The Morgan fingerprint density at radius 3 is 1.69 bits per heavy atom. The fraction of sp³-hybridized carbons (Fsp3) is 0.471. The third-order valence-electron chi connectivity index (χ3n) is 9.23. The van der Waals surface area contributed by atoms with Crippen molar-refractivity contribution in [3.05, 3.63) is 95.1 Å². The van der Waals surface area contributed by atoms with Gasteiger partial charge in [-0.2, -0.15) is 0 Å².